The number of ether oxygens (including phenoxy) is 1. The highest BCUT2D eigenvalue weighted by molar-refractivity contribution is 9.18. The van der Waals surface area contributed by atoms with Crippen molar-refractivity contribution >= 4 is 20.6 Å². The van der Waals surface area contributed by atoms with Crippen LogP contribution >= 0.6 is 15.9 Å². The summed E-state index contributed by atoms with van der Waals surface area (Å²) in [4.78, 5) is 5.42. The van der Waals surface area contributed by atoms with E-state index in [4.69, 9.17) is 9.57 Å². The Bertz CT molecular complexity index is 610. The second kappa shape index (κ2) is 5.67. The van der Waals surface area contributed by atoms with Crippen LogP contribution in [0.1, 0.15) is 18.6 Å². The molecular weight excluding hydrogens is 318 g/mol. The third-order valence-corrected chi connectivity index (χ3v) is 4.14. The fraction of sp³-hybridized carbons (Fsp3) is 0.188. The first kappa shape index (κ1) is 13.2. The Morgan fingerprint density at radius 3 is 2.25 bits per heavy atom. The normalized spacial score (nSPS) is 21.2. The number of halogens is 1. The van der Waals surface area contributed by atoms with Crippen molar-refractivity contribution < 1.29 is 9.57 Å². The number of para-hydroxylation sites is 1. The zero-order chi connectivity index (χ0) is 13.9. The highest BCUT2D eigenvalue weighted by Gasteiger charge is 2.30. The van der Waals surface area contributed by atoms with E-state index in [1.807, 2.05) is 54.6 Å². The number of oxime groups is 1. The van der Waals surface area contributed by atoms with Crippen molar-refractivity contribution in [3.8, 4) is 11.5 Å². The maximum absolute atomic E-state index is 5.77. The third-order valence-electron chi connectivity index (χ3n) is 3.27. The van der Waals surface area contributed by atoms with Gasteiger partial charge in [0, 0.05) is 0 Å². The molecule has 2 aromatic carbocycles. The van der Waals surface area contributed by atoms with E-state index in [2.05, 4.69) is 28.0 Å². The maximum atomic E-state index is 5.77. The van der Waals surface area contributed by atoms with Crippen LogP contribution in [0, 0.1) is 5.92 Å². The fourth-order valence-electron chi connectivity index (χ4n) is 2.11. The molecule has 2 aromatic rings. The molecule has 4 heteroatoms. The fourth-order valence-corrected chi connectivity index (χ4v) is 2.43. The first-order valence-corrected chi connectivity index (χ1v) is 7.25. The Morgan fingerprint density at radius 2 is 1.65 bits per heavy atom. The summed E-state index contributed by atoms with van der Waals surface area (Å²) < 4.78 is 6.62. The molecule has 0 saturated heterocycles. The quantitative estimate of drug-likeness (QED) is 0.801. The van der Waals surface area contributed by atoms with Crippen molar-refractivity contribution in [1.82, 2.24) is 0 Å². The number of rotatable bonds is 3. The van der Waals surface area contributed by atoms with E-state index >= 15 is 0 Å². The number of hydrogen-bond donors (Lipinski definition) is 0. The van der Waals surface area contributed by atoms with Crippen LogP contribution in [-0.2, 0) is 4.84 Å². The summed E-state index contributed by atoms with van der Waals surface area (Å²) in [6, 6.07) is 17.7. The van der Waals surface area contributed by atoms with Crippen LogP contribution in [0.2, 0.25) is 0 Å². The maximum Gasteiger partial charge on any atom is 0.161 e. The summed E-state index contributed by atoms with van der Waals surface area (Å²) >= 11 is 3.40. The lowest BCUT2D eigenvalue weighted by atomic mass is 9.99. The molecule has 1 aliphatic rings. The van der Waals surface area contributed by atoms with Crippen molar-refractivity contribution in [3.05, 3.63) is 60.2 Å². The van der Waals surface area contributed by atoms with Crippen molar-refractivity contribution in [1.29, 1.82) is 0 Å². The van der Waals surface area contributed by atoms with Crippen LogP contribution in [0.3, 0.4) is 0 Å². The van der Waals surface area contributed by atoms with Crippen molar-refractivity contribution in [2.75, 3.05) is 0 Å². The van der Waals surface area contributed by atoms with Crippen LogP contribution in [0.5, 0.6) is 11.5 Å². The largest absolute Gasteiger partial charge is 0.457 e. The smallest absolute Gasteiger partial charge is 0.161 e. The summed E-state index contributed by atoms with van der Waals surface area (Å²) in [5, 5.41) is 3.97. The molecule has 2 atom stereocenters. The predicted octanol–water partition coefficient (Wildman–Crippen LogP) is 4.89. The molecule has 0 fully saturated rings. The lowest BCUT2D eigenvalue weighted by Crippen LogP contribution is -2.09. The lowest BCUT2D eigenvalue weighted by Gasteiger charge is -2.14. The Kier molecular flexibility index (Phi) is 3.74. The van der Waals surface area contributed by atoms with Gasteiger partial charge in [0.15, 0.2) is 6.10 Å². The summed E-state index contributed by atoms with van der Waals surface area (Å²) in [6.07, 6.45) is -0.0323. The Labute approximate surface area is 126 Å². The van der Waals surface area contributed by atoms with E-state index in [-0.39, 0.29) is 12.0 Å². The first-order chi connectivity index (χ1) is 9.74. The van der Waals surface area contributed by atoms with E-state index in [1.54, 1.807) is 0 Å². The van der Waals surface area contributed by atoms with Gasteiger partial charge in [0.2, 0.25) is 0 Å². The van der Waals surface area contributed by atoms with E-state index in [9.17, 15) is 0 Å². The van der Waals surface area contributed by atoms with Gasteiger partial charge in [-0.3, -0.25) is 0 Å². The van der Waals surface area contributed by atoms with Crippen LogP contribution < -0.4 is 4.74 Å². The minimum Gasteiger partial charge on any atom is -0.457 e. The van der Waals surface area contributed by atoms with Gasteiger partial charge >= 0.3 is 0 Å². The second-order valence-electron chi connectivity index (χ2n) is 4.71. The Hall–Kier alpha value is -1.81. The molecule has 0 radical (unpaired) electrons. The summed E-state index contributed by atoms with van der Waals surface area (Å²) in [6.45, 7) is 2.08. The molecule has 20 heavy (non-hydrogen) atoms. The van der Waals surface area contributed by atoms with E-state index in [0.29, 0.717) is 0 Å². The third kappa shape index (κ3) is 2.70. The summed E-state index contributed by atoms with van der Waals surface area (Å²) in [7, 11) is 0. The van der Waals surface area contributed by atoms with Gasteiger partial charge in [-0.05, 0) is 45.8 Å². The summed E-state index contributed by atoms with van der Waals surface area (Å²) in [5.74, 6) is 1.87. The molecule has 0 N–H and O–H groups in total. The Morgan fingerprint density at radius 1 is 1.00 bits per heavy atom. The van der Waals surface area contributed by atoms with Crippen LogP contribution in [0.25, 0.3) is 0 Å². The SMILES string of the molecule is C[C@H]1C(Br)=NO[C@H]1c1ccc(Oc2ccccc2)cc1. The standard InChI is InChI=1S/C16H14BrNO2/c1-11-15(20-18-16(11)17)12-7-9-14(10-8-12)19-13-5-3-2-4-6-13/h2-11,15H,1H3/t11-,15-/m1/s1. The first-order valence-electron chi connectivity index (χ1n) is 6.46. The van der Waals surface area contributed by atoms with Gasteiger partial charge in [-0.1, -0.05) is 42.4 Å². The topological polar surface area (TPSA) is 30.8 Å². The van der Waals surface area contributed by atoms with Crippen LogP contribution in [0.15, 0.2) is 59.8 Å². The van der Waals surface area contributed by atoms with Gasteiger partial charge in [0.1, 0.15) is 16.1 Å². The van der Waals surface area contributed by atoms with Gasteiger partial charge in [-0.25, -0.2) is 0 Å². The highest BCUT2D eigenvalue weighted by atomic mass is 79.9. The molecule has 0 saturated carbocycles. The Balaban J connectivity index is 1.72. The number of nitrogens with zero attached hydrogens (tertiary/aromatic N) is 1. The highest BCUT2D eigenvalue weighted by Crippen LogP contribution is 2.35. The lowest BCUT2D eigenvalue weighted by molar-refractivity contribution is 0.0653. The molecule has 3 nitrogen and oxygen atoms in total. The number of hydrogen-bond acceptors (Lipinski definition) is 3. The zero-order valence-electron chi connectivity index (χ0n) is 11.0. The van der Waals surface area contributed by atoms with Crippen LogP contribution in [0.4, 0.5) is 0 Å². The molecule has 0 aliphatic carbocycles. The van der Waals surface area contributed by atoms with Gasteiger partial charge in [-0.2, -0.15) is 0 Å². The molecule has 0 amide bonds. The van der Waals surface area contributed by atoms with Crippen molar-refractivity contribution in [3.63, 3.8) is 0 Å². The average molecular weight is 332 g/mol. The molecule has 0 aromatic heterocycles. The van der Waals surface area contributed by atoms with E-state index < -0.39 is 0 Å². The van der Waals surface area contributed by atoms with E-state index in [0.717, 1.165) is 21.7 Å². The van der Waals surface area contributed by atoms with Crippen LogP contribution in [-0.4, -0.2) is 4.62 Å². The molecule has 3 rings (SSSR count). The molecule has 1 heterocycles. The predicted molar refractivity (Wildman–Crippen MR) is 82.3 cm³/mol. The van der Waals surface area contributed by atoms with E-state index in [1.165, 1.54) is 0 Å². The summed E-state index contributed by atoms with van der Waals surface area (Å²) in [5.41, 5.74) is 1.09. The molecular formula is C16H14BrNO2. The minimum atomic E-state index is -0.0323. The molecule has 1 aliphatic heterocycles. The average Bonchev–Trinajstić information content (AvgIpc) is 2.81. The molecule has 0 bridgehead atoms. The van der Waals surface area contributed by atoms with Gasteiger partial charge in [0.25, 0.3) is 0 Å². The van der Waals surface area contributed by atoms with Crippen molar-refractivity contribution in [2.24, 2.45) is 11.1 Å². The molecule has 0 unspecified atom stereocenters. The monoisotopic (exact) mass is 331 g/mol. The van der Waals surface area contributed by atoms with Gasteiger partial charge in [0.05, 0.1) is 5.92 Å². The van der Waals surface area contributed by atoms with Gasteiger partial charge < -0.3 is 9.57 Å². The zero-order valence-corrected chi connectivity index (χ0v) is 12.6. The minimum absolute atomic E-state index is 0.0323. The number of benzene rings is 2. The van der Waals surface area contributed by atoms with Gasteiger partial charge in [-0.15, -0.1) is 0 Å². The molecule has 102 valence electrons. The molecule has 0 spiro atoms. The second-order valence-corrected chi connectivity index (χ2v) is 5.53. The van der Waals surface area contributed by atoms with Crippen molar-refractivity contribution in [2.45, 2.75) is 13.0 Å².